The molecule has 3 heterocycles. The van der Waals surface area contributed by atoms with Crippen LogP contribution in [0.25, 0.3) is 11.0 Å². The van der Waals surface area contributed by atoms with Crippen molar-refractivity contribution in [1.29, 1.82) is 5.26 Å². The van der Waals surface area contributed by atoms with E-state index in [1.54, 1.807) is 17.0 Å². The number of carbonyl (C=O) groups is 2. The van der Waals surface area contributed by atoms with E-state index in [9.17, 15) is 24.9 Å². The number of carbonyl (C=O) groups excluding carboxylic acids is 2. The minimum Gasteiger partial charge on any atom is -0.464 e. The van der Waals surface area contributed by atoms with E-state index in [1.165, 1.54) is 6.26 Å². The summed E-state index contributed by atoms with van der Waals surface area (Å²) in [6.45, 7) is 8.70. The molecule has 2 aliphatic rings. The molecule has 3 N–H and O–H groups in total. The van der Waals surface area contributed by atoms with E-state index in [4.69, 9.17) is 13.9 Å². The van der Waals surface area contributed by atoms with Crippen molar-refractivity contribution in [3.63, 3.8) is 0 Å². The first-order valence-corrected chi connectivity index (χ1v) is 13.6. The maximum Gasteiger partial charge on any atom is 0.475 e. The SMILES string of the molecule is CC(C)(C=C(C#N)C(=O)N1CCC[C@]1(C)COC(=O)N[C@@H](Cc1coc2ccccc12)B(O)O)N1CCOCC1. The molecule has 2 fully saturated rings. The number of amides is 2. The van der Waals surface area contributed by atoms with Gasteiger partial charge in [0.15, 0.2) is 0 Å². The number of nitrogens with zero attached hydrogens (tertiary/aromatic N) is 3. The lowest BCUT2D eigenvalue weighted by molar-refractivity contribution is -0.131. The Morgan fingerprint density at radius 3 is 2.70 bits per heavy atom. The summed E-state index contributed by atoms with van der Waals surface area (Å²) in [5, 5.41) is 33.0. The van der Waals surface area contributed by atoms with Crippen LogP contribution in [0.15, 0.2) is 46.6 Å². The van der Waals surface area contributed by atoms with Gasteiger partial charge in [0.05, 0.1) is 31.0 Å². The Balaban J connectivity index is 1.39. The van der Waals surface area contributed by atoms with E-state index >= 15 is 0 Å². The maximum atomic E-state index is 13.5. The smallest absolute Gasteiger partial charge is 0.464 e. The van der Waals surface area contributed by atoms with Gasteiger partial charge in [-0.2, -0.15) is 5.26 Å². The Hall–Kier alpha value is -3.37. The normalized spacial score (nSPS) is 21.2. The van der Waals surface area contributed by atoms with Crippen LogP contribution >= 0.6 is 0 Å². The van der Waals surface area contributed by atoms with Crippen molar-refractivity contribution in [2.24, 2.45) is 0 Å². The van der Waals surface area contributed by atoms with Crippen LogP contribution in [0.1, 0.15) is 39.2 Å². The highest BCUT2D eigenvalue weighted by Gasteiger charge is 2.42. The molecule has 1 aromatic carbocycles. The van der Waals surface area contributed by atoms with Crippen molar-refractivity contribution in [1.82, 2.24) is 15.1 Å². The van der Waals surface area contributed by atoms with Crippen LogP contribution in [0.4, 0.5) is 4.79 Å². The summed E-state index contributed by atoms with van der Waals surface area (Å²) >= 11 is 0. The molecule has 4 rings (SSSR count). The fourth-order valence-corrected chi connectivity index (χ4v) is 5.46. The van der Waals surface area contributed by atoms with E-state index in [2.05, 4.69) is 16.3 Å². The molecule has 2 saturated heterocycles. The number of benzene rings is 1. The summed E-state index contributed by atoms with van der Waals surface area (Å²) in [6.07, 6.45) is 3.79. The number of nitriles is 1. The zero-order chi connectivity index (χ0) is 28.9. The van der Waals surface area contributed by atoms with E-state index < -0.39 is 36.1 Å². The Bertz CT molecular complexity index is 1280. The molecule has 2 aliphatic heterocycles. The second-order valence-corrected chi connectivity index (χ2v) is 11.2. The molecule has 0 unspecified atom stereocenters. The number of likely N-dealkylation sites (tertiary alicyclic amines) is 1. The Morgan fingerprint density at radius 1 is 1.27 bits per heavy atom. The zero-order valence-electron chi connectivity index (χ0n) is 23.3. The van der Waals surface area contributed by atoms with Crippen LogP contribution in [-0.4, -0.2) is 95.4 Å². The van der Waals surface area contributed by atoms with Gasteiger partial charge in [-0.05, 0) is 57.7 Å². The van der Waals surface area contributed by atoms with Crippen LogP contribution in [0.3, 0.4) is 0 Å². The third-order valence-electron chi connectivity index (χ3n) is 7.85. The monoisotopic (exact) mass is 552 g/mol. The first-order chi connectivity index (χ1) is 19.0. The quantitative estimate of drug-likeness (QED) is 0.241. The zero-order valence-corrected chi connectivity index (χ0v) is 23.3. The molecular formula is C28H37BN4O7. The standard InChI is InChI=1S/C28H37BN4O7/c1-27(2,32-11-13-38-14-12-32)16-21(17-30)25(34)33-10-6-9-28(33,3)19-40-26(35)31-24(29(36)37)15-20-18-39-23-8-5-4-7-22(20)23/h4-5,7-8,16,18,24,36-37H,6,9-15,19H2,1-3H3,(H,31,35)/t24-,28+/m0/s1. The van der Waals surface area contributed by atoms with Crippen molar-refractivity contribution < 1.29 is 33.5 Å². The van der Waals surface area contributed by atoms with Crippen LogP contribution in [-0.2, 0) is 20.7 Å². The number of hydrogen-bond acceptors (Lipinski definition) is 9. The lowest BCUT2D eigenvalue weighted by Gasteiger charge is -2.39. The second-order valence-electron chi connectivity index (χ2n) is 11.2. The summed E-state index contributed by atoms with van der Waals surface area (Å²) in [7, 11) is -1.83. The van der Waals surface area contributed by atoms with Gasteiger partial charge in [0, 0.05) is 30.6 Å². The maximum absolute atomic E-state index is 13.5. The predicted octanol–water partition coefficient (Wildman–Crippen LogP) is 2.02. The highest BCUT2D eigenvalue weighted by Crippen LogP contribution is 2.32. The van der Waals surface area contributed by atoms with Gasteiger partial charge in [-0.25, -0.2) is 4.79 Å². The van der Waals surface area contributed by atoms with Crippen LogP contribution < -0.4 is 5.32 Å². The van der Waals surface area contributed by atoms with Gasteiger partial charge in [0.25, 0.3) is 5.91 Å². The first kappa shape index (κ1) is 29.6. The molecule has 2 aromatic rings. The van der Waals surface area contributed by atoms with Crippen molar-refractivity contribution in [3.8, 4) is 6.07 Å². The van der Waals surface area contributed by atoms with E-state index in [1.807, 2.05) is 39.0 Å². The first-order valence-electron chi connectivity index (χ1n) is 13.6. The largest absolute Gasteiger partial charge is 0.475 e. The molecule has 40 heavy (non-hydrogen) atoms. The summed E-state index contributed by atoms with van der Waals surface area (Å²) in [4.78, 5) is 30.0. The number of ether oxygens (including phenoxy) is 2. The molecule has 0 saturated carbocycles. The highest BCUT2D eigenvalue weighted by atomic mass is 16.6. The molecular weight excluding hydrogens is 515 g/mol. The molecule has 2 amide bonds. The molecule has 0 aliphatic carbocycles. The Morgan fingerprint density at radius 2 is 2.00 bits per heavy atom. The molecule has 11 nitrogen and oxygen atoms in total. The molecule has 12 heteroatoms. The average Bonchev–Trinajstić information content (AvgIpc) is 3.54. The Labute approximate surface area is 234 Å². The fourth-order valence-electron chi connectivity index (χ4n) is 5.46. The van der Waals surface area contributed by atoms with Gasteiger partial charge >= 0.3 is 13.2 Å². The number of hydrogen-bond donors (Lipinski definition) is 3. The van der Waals surface area contributed by atoms with Crippen LogP contribution in [0, 0.1) is 11.3 Å². The van der Waals surface area contributed by atoms with E-state index in [0.717, 1.165) is 5.39 Å². The van der Waals surface area contributed by atoms with Gasteiger partial charge < -0.3 is 34.2 Å². The minimum atomic E-state index is -1.83. The molecule has 0 radical (unpaired) electrons. The van der Waals surface area contributed by atoms with Crippen molar-refractivity contribution in [2.75, 3.05) is 39.5 Å². The minimum absolute atomic E-state index is 0.0462. The lowest BCUT2D eigenvalue weighted by Crippen LogP contribution is -2.52. The van der Waals surface area contributed by atoms with Gasteiger partial charge in [-0.3, -0.25) is 9.69 Å². The molecule has 1 aromatic heterocycles. The van der Waals surface area contributed by atoms with Gasteiger partial charge in [0.1, 0.15) is 23.8 Å². The summed E-state index contributed by atoms with van der Waals surface area (Å²) in [5.41, 5.74) is 0.0810. The van der Waals surface area contributed by atoms with Crippen molar-refractivity contribution in [3.05, 3.63) is 47.7 Å². The van der Waals surface area contributed by atoms with Gasteiger partial charge in [-0.1, -0.05) is 18.2 Å². The van der Waals surface area contributed by atoms with Gasteiger partial charge in [-0.15, -0.1) is 0 Å². The predicted molar refractivity (Wildman–Crippen MR) is 148 cm³/mol. The third-order valence-corrected chi connectivity index (χ3v) is 7.85. The summed E-state index contributed by atoms with van der Waals surface area (Å²) < 4.78 is 16.4. The molecule has 0 bridgehead atoms. The van der Waals surface area contributed by atoms with Crippen molar-refractivity contribution in [2.45, 2.75) is 57.1 Å². The third kappa shape index (κ3) is 6.67. The summed E-state index contributed by atoms with van der Waals surface area (Å²) in [5.74, 6) is -1.44. The number of para-hydroxylation sites is 1. The van der Waals surface area contributed by atoms with Crippen molar-refractivity contribution >= 4 is 30.1 Å². The fraction of sp³-hybridized carbons (Fsp3) is 0.536. The van der Waals surface area contributed by atoms with Crippen LogP contribution in [0.5, 0.6) is 0 Å². The highest BCUT2D eigenvalue weighted by molar-refractivity contribution is 6.43. The Kier molecular flexibility index (Phi) is 9.20. The van der Waals surface area contributed by atoms with Crippen LogP contribution in [0.2, 0.25) is 0 Å². The van der Waals surface area contributed by atoms with E-state index in [0.29, 0.717) is 56.8 Å². The molecule has 0 spiro atoms. The lowest BCUT2D eigenvalue weighted by atomic mass is 9.76. The number of morpholine rings is 1. The number of fused-ring (bicyclic) bond motifs is 1. The second kappa shape index (κ2) is 12.4. The van der Waals surface area contributed by atoms with E-state index in [-0.39, 0.29) is 18.6 Å². The molecule has 2 atom stereocenters. The number of rotatable bonds is 9. The van der Waals surface area contributed by atoms with Gasteiger partial charge in [0.2, 0.25) is 0 Å². The average molecular weight is 552 g/mol. The summed E-state index contributed by atoms with van der Waals surface area (Å²) in [6, 6.07) is 9.41. The number of alkyl carbamates (subject to hydrolysis) is 1. The number of nitrogens with one attached hydrogen (secondary N) is 1. The topological polar surface area (TPSA) is 148 Å². The number of furan rings is 1. The molecule has 214 valence electrons.